The first-order valence-electron chi connectivity index (χ1n) is 6.76. The molecule has 0 unspecified atom stereocenters. The van der Waals surface area contributed by atoms with Crippen LogP contribution in [0, 0.1) is 6.92 Å². The molecule has 0 spiro atoms. The molecule has 0 fully saturated rings. The van der Waals surface area contributed by atoms with E-state index in [9.17, 15) is 9.59 Å². The molecule has 0 saturated heterocycles. The molecule has 0 bridgehead atoms. The molecule has 2 aromatic heterocycles. The summed E-state index contributed by atoms with van der Waals surface area (Å²) in [6.45, 7) is 4.63. The lowest BCUT2D eigenvalue weighted by atomic mass is 10.2. The molecule has 2 rings (SSSR count). The quantitative estimate of drug-likeness (QED) is 0.816. The van der Waals surface area contributed by atoms with Gasteiger partial charge in [0.2, 0.25) is 5.89 Å². The highest BCUT2D eigenvalue weighted by molar-refractivity contribution is 5.93. The fourth-order valence-electron chi connectivity index (χ4n) is 1.93. The summed E-state index contributed by atoms with van der Waals surface area (Å²) in [5.74, 6) is 0.867. The highest BCUT2D eigenvalue weighted by Gasteiger charge is 2.13. The number of carbonyl (C=O) groups excluding carboxylic acids is 1. The maximum absolute atomic E-state index is 12.2. The molecule has 21 heavy (non-hydrogen) atoms. The van der Waals surface area contributed by atoms with E-state index in [0.717, 1.165) is 0 Å². The topological polar surface area (TPSA) is 81.2 Å². The van der Waals surface area contributed by atoms with Crippen molar-refractivity contribution in [3.8, 4) is 0 Å². The van der Waals surface area contributed by atoms with Crippen molar-refractivity contribution in [3.05, 3.63) is 46.0 Å². The number of amides is 1. The van der Waals surface area contributed by atoms with Gasteiger partial charge in [-0.1, -0.05) is 5.16 Å². The molecule has 2 aromatic rings. The number of hydrogen-bond donors (Lipinski definition) is 0. The van der Waals surface area contributed by atoms with Crippen LogP contribution in [0.25, 0.3) is 0 Å². The van der Waals surface area contributed by atoms with Crippen molar-refractivity contribution in [2.45, 2.75) is 26.8 Å². The predicted octanol–water partition coefficient (Wildman–Crippen LogP) is 0.874. The van der Waals surface area contributed by atoms with Gasteiger partial charge >= 0.3 is 0 Å². The first-order valence-corrected chi connectivity index (χ1v) is 6.76. The van der Waals surface area contributed by atoms with Gasteiger partial charge in [0.05, 0.1) is 0 Å². The minimum absolute atomic E-state index is 0.175. The zero-order valence-corrected chi connectivity index (χ0v) is 12.4. The first kappa shape index (κ1) is 15.0. The molecular formula is C14H18N4O3. The fourth-order valence-corrected chi connectivity index (χ4v) is 1.93. The van der Waals surface area contributed by atoms with Crippen LogP contribution in [0.4, 0.5) is 0 Å². The first-order chi connectivity index (χ1) is 10.0. The highest BCUT2D eigenvalue weighted by atomic mass is 16.5. The summed E-state index contributed by atoms with van der Waals surface area (Å²) in [7, 11) is 1.68. The average molecular weight is 290 g/mol. The Morgan fingerprint density at radius 3 is 2.81 bits per heavy atom. The van der Waals surface area contributed by atoms with Gasteiger partial charge in [-0.3, -0.25) is 9.59 Å². The van der Waals surface area contributed by atoms with E-state index < -0.39 is 0 Å². The maximum Gasteiger partial charge on any atom is 0.253 e. The Morgan fingerprint density at radius 2 is 2.24 bits per heavy atom. The van der Waals surface area contributed by atoms with Crippen molar-refractivity contribution in [1.29, 1.82) is 0 Å². The van der Waals surface area contributed by atoms with Crippen LogP contribution in [0.5, 0.6) is 0 Å². The molecule has 0 N–H and O–H groups in total. The average Bonchev–Trinajstić information content (AvgIpc) is 2.89. The van der Waals surface area contributed by atoms with Crippen molar-refractivity contribution in [3.63, 3.8) is 0 Å². The molecule has 0 saturated carbocycles. The summed E-state index contributed by atoms with van der Waals surface area (Å²) in [5, 5.41) is 3.78. The standard InChI is InChI=1S/C14H18N4O3/c1-4-18-8-5-11(9-13(18)19)14(20)17(3)7-6-12-15-10(2)21-16-12/h5,8-9H,4,6-7H2,1-3H3. The second-order valence-corrected chi connectivity index (χ2v) is 4.75. The molecular weight excluding hydrogens is 272 g/mol. The van der Waals surface area contributed by atoms with Crippen molar-refractivity contribution >= 4 is 5.91 Å². The Kier molecular flexibility index (Phi) is 4.52. The molecule has 0 aromatic carbocycles. The highest BCUT2D eigenvalue weighted by Crippen LogP contribution is 2.03. The van der Waals surface area contributed by atoms with Crippen LogP contribution in [0.3, 0.4) is 0 Å². The van der Waals surface area contributed by atoms with E-state index in [1.54, 1.807) is 30.8 Å². The lowest BCUT2D eigenvalue weighted by Crippen LogP contribution is -2.30. The van der Waals surface area contributed by atoms with Crippen LogP contribution in [-0.2, 0) is 13.0 Å². The second-order valence-electron chi connectivity index (χ2n) is 4.75. The normalized spacial score (nSPS) is 10.6. The summed E-state index contributed by atoms with van der Waals surface area (Å²) >= 11 is 0. The summed E-state index contributed by atoms with van der Waals surface area (Å²) in [6.07, 6.45) is 2.14. The number of aromatic nitrogens is 3. The van der Waals surface area contributed by atoms with Crippen molar-refractivity contribution < 1.29 is 9.32 Å². The summed E-state index contributed by atoms with van der Waals surface area (Å²) in [4.78, 5) is 29.6. The Labute approximate surface area is 122 Å². The van der Waals surface area contributed by atoms with E-state index in [1.165, 1.54) is 11.0 Å². The minimum atomic E-state index is -0.199. The van der Waals surface area contributed by atoms with E-state index in [0.29, 0.717) is 36.8 Å². The van der Waals surface area contributed by atoms with Gasteiger partial charge in [-0.2, -0.15) is 4.98 Å². The van der Waals surface area contributed by atoms with E-state index in [2.05, 4.69) is 10.1 Å². The molecule has 0 aliphatic heterocycles. The zero-order chi connectivity index (χ0) is 15.4. The minimum Gasteiger partial charge on any atom is -0.341 e. The predicted molar refractivity (Wildman–Crippen MR) is 76.1 cm³/mol. The van der Waals surface area contributed by atoms with Crippen LogP contribution in [0.1, 0.15) is 29.0 Å². The van der Waals surface area contributed by atoms with E-state index in [-0.39, 0.29) is 11.5 Å². The van der Waals surface area contributed by atoms with Gasteiger partial charge in [-0.05, 0) is 13.0 Å². The van der Waals surface area contributed by atoms with Gasteiger partial charge < -0.3 is 14.0 Å². The Balaban J connectivity index is 2.01. The van der Waals surface area contributed by atoms with E-state index in [4.69, 9.17) is 4.52 Å². The summed E-state index contributed by atoms with van der Waals surface area (Å²) in [5.41, 5.74) is 0.210. The Bertz CT molecular complexity index is 690. The van der Waals surface area contributed by atoms with Crippen molar-refractivity contribution in [1.82, 2.24) is 19.6 Å². The molecule has 0 aliphatic carbocycles. The van der Waals surface area contributed by atoms with Crippen LogP contribution < -0.4 is 5.56 Å². The Morgan fingerprint density at radius 1 is 1.48 bits per heavy atom. The SMILES string of the molecule is CCn1ccc(C(=O)N(C)CCc2noc(C)n2)cc1=O. The van der Waals surface area contributed by atoms with Crippen LogP contribution in [-0.4, -0.2) is 39.1 Å². The lowest BCUT2D eigenvalue weighted by molar-refractivity contribution is 0.0795. The third kappa shape index (κ3) is 3.56. The Hall–Kier alpha value is -2.44. The number of nitrogens with zero attached hydrogens (tertiary/aromatic N) is 4. The number of likely N-dealkylation sites (N-methyl/N-ethyl adjacent to an activating group) is 1. The van der Waals surface area contributed by atoms with Crippen molar-refractivity contribution in [2.75, 3.05) is 13.6 Å². The molecule has 7 heteroatoms. The van der Waals surface area contributed by atoms with Gasteiger partial charge in [0, 0.05) is 51.3 Å². The molecule has 1 amide bonds. The van der Waals surface area contributed by atoms with Gasteiger partial charge in [0.25, 0.3) is 11.5 Å². The summed E-state index contributed by atoms with van der Waals surface area (Å²) < 4.78 is 6.42. The zero-order valence-electron chi connectivity index (χ0n) is 12.4. The molecule has 0 atom stereocenters. The number of hydrogen-bond acceptors (Lipinski definition) is 5. The van der Waals surface area contributed by atoms with Gasteiger partial charge in [-0.15, -0.1) is 0 Å². The van der Waals surface area contributed by atoms with Gasteiger partial charge in [0.1, 0.15) is 0 Å². The lowest BCUT2D eigenvalue weighted by Gasteiger charge is -2.16. The number of pyridine rings is 1. The third-order valence-corrected chi connectivity index (χ3v) is 3.17. The third-order valence-electron chi connectivity index (χ3n) is 3.17. The van der Waals surface area contributed by atoms with Gasteiger partial charge in [0.15, 0.2) is 5.82 Å². The summed E-state index contributed by atoms with van der Waals surface area (Å²) in [6, 6.07) is 3.02. The van der Waals surface area contributed by atoms with E-state index in [1.807, 2.05) is 6.92 Å². The van der Waals surface area contributed by atoms with E-state index >= 15 is 0 Å². The number of aryl methyl sites for hydroxylation is 2. The van der Waals surface area contributed by atoms with Crippen molar-refractivity contribution in [2.24, 2.45) is 0 Å². The number of rotatable bonds is 5. The largest absolute Gasteiger partial charge is 0.341 e. The maximum atomic E-state index is 12.2. The van der Waals surface area contributed by atoms with Gasteiger partial charge in [-0.25, -0.2) is 0 Å². The second kappa shape index (κ2) is 6.34. The molecule has 0 aliphatic rings. The van der Waals surface area contributed by atoms with Crippen LogP contribution in [0.15, 0.2) is 27.6 Å². The smallest absolute Gasteiger partial charge is 0.253 e. The molecule has 7 nitrogen and oxygen atoms in total. The molecule has 0 radical (unpaired) electrons. The monoisotopic (exact) mass is 290 g/mol. The molecule has 2 heterocycles. The van der Waals surface area contributed by atoms with Crippen LogP contribution in [0.2, 0.25) is 0 Å². The fraction of sp³-hybridized carbons (Fsp3) is 0.429. The molecule has 112 valence electrons. The van der Waals surface area contributed by atoms with Crippen LogP contribution >= 0.6 is 0 Å². The number of carbonyl (C=O) groups is 1.